The zero-order chi connectivity index (χ0) is 26.8. The number of aryl methyl sites for hydroxylation is 1. The topological polar surface area (TPSA) is 87.0 Å². The van der Waals surface area contributed by atoms with E-state index in [0.717, 1.165) is 13.0 Å². The minimum absolute atomic E-state index is 0.0954. The molecule has 1 saturated heterocycles. The fourth-order valence-electron chi connectivity index (χ4n) is 5.55. The Kier molecular flexibility index (Phi) is 7.58. The van der Waals surface area contributed by atoms with Crippen LogP contribution in [-0.2, 0) is 11.2 Å². The summed E-state index contributed by atoms with van der Waals surface area (Å²) in [4.78, 5) is 44.3. The van der Waals surface area contributed by atoms with E-state index in [9.17, 15) is 19.7 Å². The molecule has 38 heavy (non-hydrogen) atoms. The summed E-state index contributed by atoms with van der Waals surface area (Å²) in [7, 11) is 0. The molecule has 1 fully saturated rings. The number of hydrogen-bond donors (Lipinski definition) is 0. The smallest absolute Gasteiger partial charge is 0.270 e. The van der Waals surface area contributed by atoms with Gasteiger partial charge in [-0.2, -0.15) is 0 Å². The minimum atomic E-state index is -0.498. The van der Waals surface area contributed by atoms with Crippen LogP contribution in [-0.4, -0.2) is 70.2 Å². The fraction of sp³-hybridized carbons (Fsp3) is 0.379. The van der Waals surface area contributed by atoms with Crippen LogP contribution in [0.2, 0.25) is 0 Å². The van der Waals surface area contributed by atoms with Crippen LogP contribution in [0.15, 0.2) is 60.0 Å². The molecule has 3 heterocycles. The molecule has 2 aliphatic rings. The third-order valence-electron chi connectivity index (χ3n) is 7.62. The van der Waals surface area contributed by atoms with Gasteiger partial charge in [-0.05, 0) is 48.9 Å². The highest BCUT2D eigenvalue weighted by Gasteiger charge is 2.33. The number of nitro groups is 1. The summed E-state index contributed by atoms with van der Waals surface area (Å²) in [6.45, 7) is 6.92. The van der Waals surface area contributed by atoms with E-state index in [-0.39, 0.29) is 29.6 Å². The number of piperazine rings is 1. The van der Waals surface area contributed by atoms with Gasteiger partial charge in [-0.1, -0.05) is 35.9 Å². The first-order chi connectivity index (χ1) is 18.3. The molecule has 1 aromatic heterocycles. The van der Waals surface area contributed by atoms with E-state index in [1.165, 1.54) is 39.8 Å². The SMILES string of the molecule is Cc1ccc(C2c3ccsc3CCN2CCC(=O)N2CCN(C(=O)c3cccc([N+](=O)[O-])c3)C(C)C2)cc1. The van der Waals surface area contributed by atoms with Crippen LogP contribution in [0, 0.1) is 17.0 Å². The summed E-state index contributed by atoms with van der Waals surface area (Å²) in [5.74, 6) is -0.146. The number of benzene rings is 2. The van der Waals surface area contributed by atoms with E-state index in [0.29, 0.717) is 38.2 Å². The van der Waals surface area contributed by atoms with Gasteiger partial charge in [-0.15, -0.1) is 11.3 Å². The van der Waals surface area contributed by atoms with Crippen molar-refractivity contribution < 1.29 is 14.5 Å². The molecule has 0 spiro atoms. The standard InChI is InChI=1S/C29H32N4O4S/c1-20-6-8-22(9-7-20)28-25-12-17-38-26(25)10-13-30(28)14-11-27(34)31-15-16-32(21(2)19-31)29(35)23-4-3-5-24(18-23)33(36)37/h3-9,12,17-18,21,28H,10-11,13-16,19H2,1-2H3. The average molecular weight is 533 g/mol. The zero-order valence-electron chi connectivity index (χ0n) is 21.7. The summed E-state index contributed by atoms with van der Waals surface area (Å²) in [6, 6.07) is 16.7. The number of nitrogens with zero attached hydrogens (tertiary/aromatic N) is 4. The first kappa shape index (κ1) is 26.1. The molecule has 0 aliphatic carbocycles. The van der Waals surface area contributed by atoms with Crippen LogP contribution in [0.4, 0.5) is 5.69 Å². The Bertz CT molecular complexity index is 1340. The molecule has 3 aromatic rings. The number of thiophene rings is 1. The summed E-state index contributed by atoms with van der Waals surface area (Å²) < 4.78 is 0. The largest absolute Gasteiger partial charge is 0.339 e. The molecule has 0 bridgehead atoms. The van der Waals surface area contributed by atoms with Gasteiger partial charge in [-0.25, -0.2) is 0 Å². The number of nitro benzene ring substituents is 1. The molecule has 2 atom stereocenters. The van der Waals surface area contributed by atoms with E-state index in [4.69, 9.17) is 0 Å². The molecular weight excluding hydrogens is 500 g/mol. The van der Waals surface area contributed by atoms with Crippen LogP contribution in [0.25, 0.3) is 0 Å². The molecule has 2 aromatic carbocycles. The number of carbonyl (C=O) groups excluding carboxylic acids is 2. The second-order valence-corrected chi connectivity index (χ2v) is 11.1. The van der Waals surface area contributed by atoms with E-state index < -0.39 is 4.92 Å². The predicted octanol–water partition coefficient (Wildman–Crippen LogP) is 4.68. The first-order valence-corrected chi connectivity index (χ1v) is 13.9. The van der Waals surface area contributed by atoms with Gasteiger partial charge in [0.2, 0.25) is 5.91 Å². The van der Waals surface area contributed by atoms with Gasteiger partial charge >= 0.3 is 0 Å². The van der Waals surface area contributed by atoms with E-state index in [2.05, 4.69) is 47.5 Å². The van der Waals surface area contributed by atoms with Crippen LogP contribution >= 0.6 is 11.3 Å². The lowest BCUT2D eigenvalue weighted by Gasteiger charge is -2.40. The fourth-order valence-corrected chi connectivity index (χ4v) is 6.45. The third kappa shape index (κ3) is 5.35. The third-order valence-corrected chi connectivity index (χ3v) is 8.61. The van der Waals surface area contributed by atoms with E-state index >= 15 is 0 Å². The Morgan fingerprint density at radius 1 is 1.08 bits per heavy atom. The van der Waals surface area contributed by atoms with Crippen molar-refractivity contribution in [2.45, 2.75) is 38.8 Å². The molecule has 2 aliphatic heterocycles. The molecule has 9 heteroatoms. The lowest BCUT2D eigenvalue weighted by atomic mass is 9.92. The Hall–Kier alpha value is -3.56. The number of non-ortho nitro benzene ring substituents is 1. The summed E-state index contributed by atoms with van der Waals surface area (Å²) in [5, 5.41) is 13.3. The van der Waals surface area contributed by atoms with Crippen molar-refractivity contribution in [3.8, 4) is 0 Å². The van der Waals surface area contributed by atoms with Crippen molar-refractivity contribution in [3.63, 3.8) is 0 Å². The number of amides is 2. The van der Waals surface area contributed by atoms with Crippen LogP contribution in [0.5, 0.6) is 0 Å². The monoisotopic (exact) mass is 532 g/mol. The van der Waals surface area contributed by atoms with Crippen molar-refractivity contribution in [2.24, 2.45) is 0 Å². The van der Waals surface area contributed by atoms with Gasteiger partial charge in [-0.3, -0.25) is 24.6 Å². The Morgan fingerprint density at radius 3 is 2.61 bits per heavy atom. The normalized spacial score (nSPS) is 19.7. The maximum Gasteiger partial charge on any atom is 0.270 e. The number of hydrogen-bond acceptors (Lipinski definition) is 6. The molecule has 0 radical (unpaired) electrons. The molecular formula is C29H32N4O4S. The maximum absolute atomic E-state index is 13.3. The second-order valence-electron chi connectivity index (χ2n) is 10.1. The van der Waals surface area contributed by atoms with Gasteiger partial charge in [0.1, 0.15) is 0 Å². The van der Waals surface area contributed by atoms with Crippen molar-refractivity contribution in [1.29, 1.82) is 0 Å². The highest BCUT2D eigenvalue weighted by atomic mass is 32.1. The Balaban J connectivity index is 1.21. The quantitative estimate of drug-likeness (QED) is 0.340. The molecule has 198 valence electrons. The average Bonchev–Trinajstić information content (AvgIpc) is 3.40. The van der Waals surface area contributed by atoms with Gasteiger partial charge in [0.05, 0.1) is 11.0 Å². The Labute approximate surface area is 226 Å². The molecule has 0 N–H and O–H groups in total. The van der Waals surface area contributed by atoms with Gasteiger partial charge in [0, 0.05) is 67.8 Å². The highest BCUT2D eigenvalue weighted by molar-refractivity contribution is 7.10. The molecule has 8 nitrogen and oxygen atoms in total. The highest BCUT2D eigenvalue weighted by Crippen LogP contribution is 2.38. The maximum atomic E-state index is 13.3. The summed E-state index contributed by atoms with van der Waals surface area (Å²) in [5.41, 5.74) is 4.03. The van der Waals surface area contributed by atoms with Gasteiger partial charge in [0.15, 0.2) is 0 Å². The molecule has 2 unspecified atom stereocenters. The second kappa shape index (κ2) is 11.0. The lowest BCUT2D eigenvalue weighted by molar-refractivity contribution is -0.384. The number of fused-ring (bicyclic) bond motifs is 1. The molecule has 5 rings (SSSR count). The molecule has 2 amide bonds. The van der Waals surface area contributed by atoms with Crippen molar-refractivity contribution in [1.82, 2.24) is 14.7 Å². The van der Waals surface area contributed by atoms with Crippen LogP contribution in [0.1, 0.15) is 51.3 Å². The number of rotatable bonds is 6. The lowest BCUT2D eigenvalue weighted by Crippen LogP contribution is -2.55. The number of carbonyl (C=O) groups is 2. The Morgan fingerprint density at radius 2 is 1.87 bits per heavy atom. The van der Waals surface area contributed by atoms with Gasteiger partial charge < -0.3 is 9.80 Å². The minimum Gasteiger partial charge on any atom is -0.339 e. The zero-order valence-corrected chi connectivity index (χ0v) is 22.5. The summed E-state index contributed by atoms with van der Waals surface area (Å²) >= 11 is 1.81. The predicted molar refractivity (Wildman–Crippen MR) is 147 cm³/mol. The van der Waals surface area contributed by atoms with E-state index in [1.54, 1.807) is 11.0 Å². The van der Waals surface area contributed by atoms with Crippen LogP contribution < -0.4 is 0 Å². The van der Waals surface area contributed by atoms with Gasteiger partial charge in [0.25, 0.3) is 11.6 Å². The van der Waals surface area contributed by atoms with Crippen molar-refractivity contribution >= 4 is 28.8 Å². The van der Waals surface area contributed by atoms with Crippen LogP contribution in [0.3, 0.4) is 0 Å². The van der Waals surface area contributed by atoms with Crippen molar-refractivity contribution in [3.05, 3.63) is 97.2 Å². The first-order valence-electron chi connectivity index (χ1n) is 13.0. The molecule has 0 saturated carbocycles. The van der Waals surface area contributed by atoms with Crippen molar-refractivity contribution in [2.75, 3.05) is 32.7 Å². The summed E-state index contributed by atoms with van der Waals surface area (Å²) in [6.07, 6.45) is 1.42. The van der Waals surface area contributed by atoms with E-state index in [1.807, 2.05) is 23.2 Å².